The zero-order valence-corrected chi connectivity index (χ0v) is 17.1. The average Bonchev–Trinajstić information content (AvgIpc) is 2.63. The molecule has 6 nitrogen and oxygen atoms in total. The van der Waals surface area contributed by atoms with E-state index in [0.717, 1.165) is 35.7 Å². The summed E-state index contributed by atoms with van der Waals surface area (Å²) in [4.78, 5) is 0. The highest BCUT2D eigenvalue weighted by atomic mass is 79.9. The number of aliphatic hydroxyl groups excluding tert-OH is 1. The minimum Gasteiger partial charge on any atom is -0.393 e. The second-order valence-electron chi connectivity index (χ2n) is 6.02. The molecule has 0 unspecified atom stereocenters. The molecule has 1 saturated carbocycles. The van der Waals surface area contributed by atoms with E-state index in [9.17, 15) is 10.4 Å². The van der Waals surface area contributed by atoms with E-state index in [1.54, 1.807) is 12.1 Å². The van der Waals surface area contributed by atoms with Crippen LogP contribution in [0.15, 0.2) is 32.3 Å². The topological polar surface area (TPSA) is 116 Å². The van der Waals surface area contributed by atoms with Gasteiger partial charge < -0.3 is 15.7 Å². The van der Waals surface area contributed by atoms with Gasteiger partial charge in [0.25, 0.3) is 0 Å². The number of anilines is 1. The van der Waals surface area contributed by atoms with E-state index >= 15 is 0 Å². The molecule has 0 atom stereocenters. The van der Waals surface area contributed by atoms with Crippen molar-refractivity contribution in [3.05, 3.63) is 37.9 Å². The molecule has 0 amide bonds. The highest BCUT2D eigenvalue weighted by Crippen LogP contribution is 2.32. The highest BCUT2D eigenvalue weighted by Gasteiger charge is 2.20. The Morgan fingerprint density at radius 2 is 1.73 bits per heavy atom. The molecule has 2 rings (SSSR count). The predicted molar refractivity (Wildman–Crippen MR) is 104 cm³/mol. The van der Waals surface area contributed by atoms with Gasteiger partial charge in [0.05, 0.1) is 11.8 Å². The molecule has 1 aromatic carbocycles. The smallest absolute Gasteiger partial charge is 0.163 e. The van der Waals surface area contributed by atoms with Gasteiger partial charge in [0.1, 0.15) is 23.9 Å². The van der Waals surface area contributed by atoms with Crippen molar-refractivity contribution in [2.24, 2.45) is 0 Å². The van der Waals surface area contributed by atoms with Crippen molar-refractivity contribution in [1.82, 2.24) is 5.32 Å². The Labute approximate surface area is 169 Å². The van der Waals surface area contributed by atoms with E-state index in [1.165, 1.54) is 0 Å². The fourth-order valence-corrected chi connectivity index (χ4v) is 4.26. The summed E-state index contributed by atoms with van der Waals surface area (Å²) in [6.07, 6.45) is 3.20. The number of nitrogens with one attached hydrogen (secondary N) is 2. The lowest BCUT2D eigenvalue weighted by Crippen LogP contribution is -2.34. The Balaban J connectivity index is 2.24. The van der Waals surface area contributed by atoms with Crippen LogP contribution in [0.3, 0.4) is 0 Å². The molecule has 1 aliphatic rings. The monoisotopic (exact) mass is 477 g/mol. The Bertz CT molecular complexity index is 808. The van der Waals surface area contributed by atoms with Crippen LogP contribution in [0, 0.1) is 34.0 Å². The third-order valence-corrected chi connectivity index (χ3v) is 5.33. The number of nitriles is 3. The molecule has 0 heterocycles. The first kappa shape index (κ1) is 20.4. The van der Waals surface area contributed by atoms with Gasteiger partial charge in [-0.15, -0.1) is 0 Å². The van der Waals surface area contributed by atoms with Crippen LogP contribution in [0.5, 0.6) is 0 Å². The molecular weight excluding hydrogens is 462 g/mol. The molecule has 0 spiro atoms. The summed E-state index contributed by atoms with van der Waals surface area (Å²) in [5, 5.41) is 43.3. The predicted octanol–water partition coefficient (Wildman–Crippen LogP) is 3.84. The number of hydrogen-bond donors (Lipinski definition) is 3. The van der Waals surface area contributed by atoms with Gasteiger partial charge in [-0.05, 0) is 59.3 Å². The van der Waals surface area contributed by atoms with E-state index < -0.39 is 0 Å². The Hall–Kier alpha value is -1.89. The van der Waals surface area contributed by atoms with Gasteiger partial charge in [-0.2, -0.15) is 15.8 Å². The fraction of sp³-hybridized carbons (Fsp3) is 0.389. The number of nitrogens with zero attached hydrogens (tertiary/aromatic N) is 3. The summed E-state index contributed by atoms with van der Waals surface area (Å²) in [6, 6.07) is 9.41. The molecule has 0 saturated heterocycles. The van der Waals surface area contributed by atoms with Crippen LogP contribution in [0.4, 0.5) is 5.69 Å². The lowest BCUT2D eigenvalue weighted by atomic mass is 9.93. The van der Waals surface area contributed by atoms with Crippen molar-refractivity contribution >= 4 is 37.5 Å². The third kappa shape index (κ3) is 5.30. The zero-order chi connectivity index (χ0) is 19.1. The van der Waals surface area contributed by atoms with Gasteiger partial charge in [0.15, 0.2) is 5.57 Å². The number of aliphatic hydroxyl groups is 1. The lowest BCUT2D eigenvalue weighted by Gasteiger charge is -2.27. The normalized spacial score (nSPS) is 18.9. The number of hydrogen-bond acceptors (Lipinski definition) is 6. The van der Waals surface area contributed by atoms with E-state index in [4.69, 9.17) is 10.5 Å². The Kier molecular flexibility index (Phi) is 7.63. The summed E-state index contributed by atoms with van der Waals surface area (Å²) in [5.41, 5.74) is 1.18. The molecule has 1 aromatic rings. The van der Waals surface area contributed by atoms with E-state index in [0.29, 0.717) is 22.7 Å². The van der Waals surface area contributed by atoms with Gasteiger partial charge in [-0.3, -0.25) is 0 Å². The number of rotatable bonds is 5. The van der Waals surface area contributed by atoms with Crippen molar-refractivity contribution in [2.45, 2.75) is 44.4 Å². The summed E-state index contributed by atoms with van der Waals surface area (Å²) in [6.45, 7) is 0.550. The van der Waals surface area contributed by atoms with Crippen molar-refractivity contribution in [3.8, 4) is 18.2 Å². The van der Waals surface area contributed by atoms with Crippen LogP contribution < -0.4 is 10.6 Å². The third-order valence-electron chi connectivity index (χ3n) is 4.25. The quantitative estimate of drug-likeness (QED) is 0.553. The van der Waals surface area contributed by atoms with Crippen LogP contribution >= 0.6 is 31.9 Å². The van der Waals surface area contributed by atoms with E-state index in [-0.39, 0.29) is 17.4 Å². The van der Waals surface area contributed by atoms with Crippen LogP contribution in [0.1, 0.15) is 31.2 Å². The second kappa shape index (κ2) is 9.71. The standard InChI is InChI=1S/C18H17Br2N5O/c19-13-5-11(10-24-14-1-3-15(26)4-2-14)18(16(20)6-13)25-17(9-23)12(7-21)8-22/h5-6,14-15,24-26H,1-4,10H2. The summed E-state index contributed by atoms with van der Waals surface area (Å²) in [7, 11) is 0. The minimum atomic E-state index is -0.262. The van der Waals surface area contributed by atoms with E-state index in [2.05, 4.69) is 42.5 Å². The minimum absolute atomic E-state index is 0.0833. The van der Waals surface area contributed by atoms with Crippen LogP contribution in [-0.2, 0) is 6.54 Å². The number of benzene rings is 1. The van der Waals surface area contributed by atoms with Gasteiger partial charge >= 0.3 is 0 Å². The largest absolute Gasteiger partial charge is 0.393 e. The van der Waals surface area contributed by atoms with Gasteiger partial charge in [0.2, 0.25) is 0 Å². The molecule has 0 radical (unpaired) electrons. The van der Waals surface area contributed by atoms with Gasteiger partial charge in [-0.25, -0.2) is 0 Å². The van der Waals surface area contributed by atoms with Crippen molar-refractivity contribution in [3.63, 3.8) is 0 Å². The fourth-order valence-electron chi connectivity index (χ4n) is 2.85. The summed E-state index contributed by atoms with van der Waals surface area (Å²) >= 11 is 6.93. The Morgan fingerprint density at radius 3 is 2.31 bits per heavy atom. The molecule has 26 heavy (non-hydrogen) atoms. The molecular formula is C18H17Br2N5O. The first-order chi connectivity index (χ1) is 12.5. The SMILES string of the molecule is N#CC(C#N)=C(C#N)Nc1c(Br)cc(Br)cc1CNC1CCC(O)CC1. The van der Waals surface area contributed by atoms with Crippen molar-refractivity contribution in [2.75, 3.05) is 5.32 Å². The molecule has 1 aliphatic carbocycles. The zero-order valence-electron chi connectivity index (χ0n) is 13.9. The molecule has 134 valence electrons. The van der Waals surface area contributed by atoms with Gasteiger partial charge in [0, 0.05) is 21.5 Å². The molecule has 1 fully saturated rings. The van der Waals surface area contributed by atoms with Gasteiger partial charge in [-0.1, -0.05) is 15.9 Å². The van der Waals surface area contributed by atoms with Crippen molar-refractivity contribution in [1.29, 1.82) is 15.8 Å². The first-order valence-electron chi connectivity index (χ1n) is 8.09. The summed E-state index contributed by atoms with van der Waals surface area (Å²) in [5.74, 6) is 0. The maximum atomic E-state index is 9.62. The molecule has 8 heteroatoms. The Morgan fingerprint density at radius 1 is 1.08 bits per heavy atom. The van der Waals surface area contributed by atoms with Crippen molar-refractivity contribution < 1.29 is 5.11 Å². The number of halogens is 2. The van der Waals surface area contributed by atoms with Crippen LogP contribution in [0.2, 0.25) is 0 Å². The van der Waals surface area contributed by atoms with Crippen LogP contribution in [0.25, 0.3) is 0 Å². The average molecular weight is 479 g/mol. The van der Waals surface area contributed by atoms with Crippen LogP contribution in [-0.4, -0.2) is 17.3 Å². The molecule has 0 aromatic heterocycles. The number of allylic oxidation sites excluding steroid dienone is 2. The maximum absolute atomic E-state index is 9.62. The highest BCUT2D eigenvalue weighted by molar-refractivity contribution is 9.11. The first-order valence-corrected chi connectivity index (χ1v) is 9.68. The molecule has 0 bridgehead atoms. The summed E-state index contributed by atoms with van der Waals surface area (Å²) < 4.78 is 1.58. The lowest BCUT2D eigenvalue weighted by molar-refractivity contribution is 0.116. The molecule has 3 N–H and O–H groups in total. The maximum Gasteiger partial charge on any atom is 0.163 e. The molecule has 0 aliphatic heterocycles. The van der Waals surface area contributed by atoms with E-state index in [1.807, 2.05) is 18.2 Å². The second-order valence-corrected chi connectivity index (χ2v) is 7.79.